The second-order valence-corrected chi connectivity index (χ2v) is 6.79. The van der Waals surface area contributed by atoms with E-state index < -0.39 is 0 Å². The van der Waals surface area contributed by atoms with Gasteiger partial charge in [0.15, 0.2) is 6.20 Å². The van der Waals surface area contributed by atoms with Gasteiger partial charge in [0.1, 0.15) is 0 Å². The number of hydrogen-bond donors (Lipinski definition) is 1. The van der Waals surface area contributed by atoms with Gasteiger partial charge in [-0.2, -0.15) is 4.73 Å². The minimum absolute atomic E-state index is 0.130. The molecule has 0 spiro atoms. The van der Waals surface area contributed by atoms with Crippen molar-refractivity contribution in [3.8, 4) is 0 Å². The predicted octanol–water partition coefficient (Wildman–Crippen LogP) is 4.51. The lowest BCUT2D eigenvalue weighted by molar-refractivity contribution is -0.607. The van der Waals surface area contributed by atoms with E-state index in [1.807, 2.05) is 31.3 Å². The highest BCUT2D eigenvalue weighted by atomic mass is 16.5. The van der Waals surface area contributed by atoms with Gasteiger partial charge >= 0.3 is 0 Å². The molecular weight excluding hydrogens is 336 g/mol. The third-order valence-electron chi connectivity index (χ3n) is 4.98. The summed E-state index contributed by atoms with van der Waals surface area (Å²) in [6.07, 6.45) is 3.57. The van der Waals surface area contributed by atoms with Gasteiger partial charge in [0.2, 0.25) is 5.78 Å². The Hall–Kier alpha value is -3.40. The third-order valence-corrected chi connectivity index (χ3v) is 4.98. The van der Waals surface area contributed by atoms with E-state index in [-0.39, 0.29) is 23.8 Å². The molecule has 2 heterocycles. The lowest BCUT2D eigenvalue weighted by Crippen LogP contribution is -2.34. The molecule has 0 aliphatic carbocycles. The van der Waals surface area contributed by atoms with Crippen LogP contribution in [0.4, 0.5) is 0 Å². The van der Waals surface area contributed by atoms with Crippen molar-refractivity contribution in [3.05, 3.63) is 107 Å². The fourth-order valence-corrected chi connectivity index (χ4v) is 3.52. The minimum atomic E-state index is -0.165. The topological polar surface area (TPSA) is 59.8 Å². The number of carbonyl (C=O) groups excluding carboxylic acids is 1. The van der Waals surface area contributed by atoms with E-state index in [1.165, 1.54) is 11.8 Å². The van der Waals surface area contributed by atoms with Gasteiger partial charge in [-0.15, -0.1) is 0 Å². The second kappa shape index (κ2) is 7.08. The molecule has 2 aromatic carbocycles. The normalized spacial score (nSPS) is 12.2. The van der Waals surface area contributed by atoms with Crippen molar-refractivity contribution in [3.63, 3.8) is 0 Å². The molecule has 4 heteroatoms. The van der Waals surface area contributed by atoms with Crippen molar-refractivity contribution >= 4 is 16.7 Å². The number of aromatic nitrogens is 2. The van der Waals surface area contributed by atoms with Crippen LogP contribution in [-0.2, 0) is 0 Å². The van der Waals surface area contributed by atoms with Crippen LogP contribution in [0.5, 0.6) is 0 Å². The molecular formula is C23H20N2O2. The molecule has 4 nitrogen and oxygen atoms in total. The fourth-order valence-electron chi connectivity index (χ4n) is 3.52. The van der Waals surface area contributed by atoms with E-state index in [4.69, 9.17) is 0 Å². The van der Waals surface area contributed by atoms with Crippen molar-refractivity contribution in [2.75, 3.05) is 0 Å². The van der Waals surface area contributed by atoms with Gasteiger partial charge in [0.25, 0.3) is 5.69 Å². The molecule has 2 aromatic heterocycles. The Labute approximate surface area is 157 Å². The van der Waals surface area contributed by atoms with E-state index in [9.17, 15) is 10.0 Å². The van der Waals surface area contributed by atoms with E-state index in [0.29, 0.717) is 4.73 Å². The average molecular weight is 356 g/mol. The van der Waals surface area contributed by atoms with Crippen molar-refractivity contribution < 1.29 is 9.52 Å². The molecule has 0 radical (unpaired) electrons. The summed E-state index contributed by atoms with van der Waals surface area (Å²) in [6.45, 7) is 2.04. The summed E-state index contributed by atoms with van der Waals surface area (Å²) in [5.74, 6) is -0.295. The van der Waals surface area contributed by atoms with Gasteiger partial charge in [-0.3, -0.25) is 4.79 Å². The summed E-state index contributed by atoms with van der Waals surface area (Å²) in [5.41, 5.74) is 4.51. The Morgan fingerprint density at radius 2 is 1.78 bits per heavy atom. The molecule has 0 unspecified atom stereocenters. The van der Waals surface area contributed by atoms with E-state index in [1.54, 1.807) is 18.2 Å². The summed E-state index contributed by atoms with van der Waals surface area (Å²) in [5, 5.41) is 13.1. The van der Waals surface area contributed by atoms with Crippen LogP contribution in [-0.4, -0.2) is 10.8 Å². The number of pyridine rings is 1. The monoisotopic (exact) mass is 356 g/mol. The lowest BCUT2D eigenvalue weighted by Gasteiger charge is -2.17. The van der Waals surface area contributed by atoms with Gasteiger partial charge in [-0.25, -0.2) is 0 Å². The smallest absolute Gasteiger partial charge is 0.259 e. The molecule has 0 saturated heterocycles. The lowest BCUT2D eigenvalue weighted by atomic mass is 9.86. The largest absolute Gasteiger partial charge is 0.618 e. The Morgan fingerprint density at radius 3 is 2.56 bits per heavy atom. The number of Topliss-reactive ketones (excluding diaryl/α,β-unsaturated/α-hetero) is 1. The number of para-hydroxylation sites is 1. The Morgan fingerprint density at radius 1 is 1.04 bits per heavy atom. The Balaban J connectivity index is 1.78. The number of fused-ring (bicyclic) bond motifs is 1. The second-order valence-electron chi connectivity index (χ2n) is 6.79. The van der Waals surface area contributed by atoms with E-state index in [2.05, 4.69) is 35.3 Å². The first-order chi connectivity index (χ1) is 13.1. The molecule has 0 aliphatic rings. The zero-order valence-electron chi connectivity index (χ0n) is 15.1. The van der Waals surface area contributed by atoms with Crippen LogP contribution in [0.15, 0.2) is 79.1 Å². The molecule has 27 heavy (non-hydrogen) atoms. The number of hydrogen-bond acceptors (Lipinski definition) is 2. The van der Waals surface area contributed by atoms with Crippen LogP contribution >= 0.6 is 0 Å². The Kier molecular flexibility index (Phi) is 4.47. The molecule has 1 N–H and O–H groups in total. The van der Waals surface area contributed by atoms with Gasteiger partial charge in [0.05, 0.1) is 0 Å². The number of carbonyl (C=O) groups is 1. The van der Waals surface area contributed by atoms with Crippen LogP contribution in [0.1, 0.15) is 39.5 Å². The first-order valence-corrected chi connectivity index (χ1v) is 8.97. The fraction of sp³-hybridized carbons (Fsp3) is 0.130. The molecule has 1 atom stereocenters. The zero-order valence-corrected chi connectivity index (χ0v) is 15.1. The highest BCUT2D eigenvalue weighted by molar-refractivity contribution is 5.94. The van der Waals surface area contributed by atoms with Crippen LogP contribution < -0.4 is 4.73 Å². The predicted molar refractivity (Wildman–Crippen MR) is 106 cm³/mol. The van der Waals surface area contributed by atoms with Crippen molar-refractivity contribution in [2.45, 2.75) is 19.3 Å². The maximum absolute atomic E-state index is 12.9. The number of rotatable bonds is 5. The number of ketones is 1. The molecule has 4 aromatic rings. The van der Waals surface area contributed by atoms with Gasteiger partial charge in [-0.05, 0) is 30.2 Å². The third kappa shape index (κ3) is 3.34. The standard InChI is InChI=1S/C23H20N2O2/c1-16-9-11-17(12-10-16)19(14-23(26)22-8-4-5-13-25(22)27)20-15-24-21-7-3-2-6-18(20)21/h2-13,15,19,24H,14H2,1H3/t19-/m0/s1. The number of nitrogens with zero attached hydrogens (tertiary/aromatic N) is 1. The molecule has 0 bridgehead atoms. The number of benzene rings is 2. The summed E-state index contributed by atoms with van der Waals surface area (Å²) in [6, 6.07) is 21.2. The summed E-state index contributed by atoms with van der Waals surface area (Å²) < 4.78 is 0.643. The summed E-state index contributed by atoms with van der Waals surface area (Å²) in [4.78, 5) is 16.2. The zero-order chi connectivity index (χ0) is 18.8. The first kappa shape index (κ1) is 17.0. The molecule has 0 aliphatic heterocycles. The van der Waals surface area contributed by atoms with Crippen LogP contribution in [0, 0.1) is 12.1 Å². The van der Waals surface area contributed by atoms with Crippen LogP contribution in [0.2, 0.25) is 0 Å². The minimum Gasteiger partial charge on any atom is -0.618 e. The molecule has 4 rings (SSSR count). The van der Waals surface area contributed by atoms with Gasteiger partial charge in [0, 0.05) is 41.6 Å². The molecule has 0 saturated carbocycles. The van der Waals surface area contributed by atoms with E-state index >= 15 is 0 Å². The van der Waals surface area contributed by atoms with Crippen molar-refractivity contribution in [1.82, 2.24) is 4.98 Å². The van der Waals surface area contributed by atoms with Gasteiger partial charge < -0.3 is 10.2 Å². The summed E-state index contributed by atoms with van der Waals surface area (Å²) >= 11 is 0. The maximum atomic E-state index is 12.9. The number of aryl methyl sites for hydroxylation is 1. The highest BCUT2D eigenvalue weighted by Crippen LogP contribution is 2.34. The SMILES string of the molecule is Cc1ccc([C@H](CC(=O)c2cccc[n+]2[O-])c2c[nH]c3ccccc23)cc1. The molecule has 0 amide bonds. The number of nitrogens with one attached hydrogen (secondary N) is 1. The summed E-state index contributed by atoms with van der Waals surface area (Å²) in [7, 11) is 0. The van der Waals surface area contributed by atoms with Crippen LogP contribution in [0.25, 0.3) is 10.9 Å². The molecule has 0 fully saturated rings. The number of H-pyrrole nitrogens is 1. The average Bonchev–Trinajstić information content (AvgIpc) is 3.11. The van der Waals surface area contributed by atoms with Crippen molar-refractivity contribution in [1.29, 1.82) is 0 Å². The van der Waals surface area contributed by atoms with Gasteiger partial charge in [-0.1, -0.05) is 48.0 Å². The first-order valence-electron chi connectivity index (χ1n) is 8.97. The number of aromatic amines is 1. The highest BCUT2D eigenvalue weighted by Gasteiger charge is 2.25. The van der Waals surface area contributed by atoms with E-state index in [0.717, 1.165) is 22.0 Å². The molecule has 134 valence electrons. The maximum Gasteiger partial charge on any atom is 0.259 e. The van der Waals surface area contributed by atoms with Crippen molar-refractivity contribution in [2.24, 2.45) is 0 Å². The quantitative estimate of drug-likeness (QED) is 0.325. The van der Waals surface area contributed by atoms with Crippen LogP contribution in [0.3, 0.4) is 0 Å². The Bertz CT molecular complexity index is 1100.